The Balaban J connectivity index is 2.08. The molecule has 0 amide bonds. The van der Waals surface area contributed by atoms with Crippen molar-refractivity contribution < 1.29 is 22.7 Å². The van der Waals surface area contributed by atoms with Crippen LogP contribution in [0.3, 0.4) is 0 Å². The van der Waals surface area contributed by atoms with Crippen molar-refractivity contribution in [3.05, 3.63) is 65.5 Å². The van der Waals surface area contributed by atoms with E-state index in [2.05, 4.69) is 0 Å². The van der Waals surface area contributed by atoms with Gasteiger partial charge in [0.15, 0.2) is 9.84 Å². The zero-order valence-electron chi connectivity index (χ0n) is 12.8. The Morgan fingerprint density at radius 3 is 2.38 bits per heavy atom. The van der Waals surface area contributed by atoms with Crippen LogP contribution in [0, 0.1) is 12.7 Å². The van der Waals surface area contributed by atoms with Gasteiger partial charge in [0.1, 0.15) is 16.6 Å². The van der Waals surface area contributed by atoms with Crippen molar-refractivity contribution in [1.29, 1.82) is 0 Å². The smallest absolute Gasteiger partial charge is 0.325 e. The lowest BCUT2D eigenvalue weighted by Crippen LogP contribution is -2.39. The predicted molar refractivity (Wildman–Crippen MR) is 85.8 cm³/mol. The molecule has 2 aromatic rings. The number of carbonyl (C=O) groups is 1. The maximum atomic E-state index is 13.5. The molecule has 1 aliphatic carbocycles. The average Bonchev–Trinajstić information content (AvgIpc) is 3.17. The van der Waals surface area contributed by atoms with E-state index in [1.807, 2.05) is 6.92 Å². The fraction of sp³-hybridized carbons (Fsp3) is 0.235. The van der Waals surface area contributed by atoms with Crippen LogP contribution in [0.2, 0.25) is 0 Å². The molecule has 3 atom stereocenters. The van der Waals surface area contributed by atoms with Gasteiger partial charge in [0.2, 0.25) is 0 Å². The third kappa shape index (κ3) is 2.40. The number of hydrogen-bond acceptors (Lipinski definition) is 4. The SMILES string of the molecule is Cc1ccc(S(=O)(=O)[C@H]2[C@@H](c3cccc(F)c3)[C@@]2(N)C(=O)O)cc1. The summed E-state index contributed by atoms with van der Waals surface area (Å²) < 4.78 is 39.2. The molecule has 0 radical (unpaired) electrons. The van der Waals surface area contributed by atoms with Gasteiger partial charge in [-0.1, -0.05) is 29.8 Å². The molecular formula is C17H16FNO4S. The molecule has 0 aromatic heterocycles. The summed E-state index contributed by atoms with van der Waals surface area (Å²) in [5.41, 5.74) is 5.08. The zero-order valence-corrected chi connectivity index (χ0v) is 13.6. The van der Waals surface area contributed by atoms with Crippen LogP contribution in [0.25, 0.3) is 0 Å². The Morgan fingerprint density at radius 1 is 1.21 bits per heavy atom. The van der Waals surface area contributed by atoms with E-state index in [0.717, 1.165) is 11.6 Å². The topological polar surface area (TPSA) is 97.5 Å². The average molecular weight is 349 g/mol. The predicted octanol–water partition coefficient (Wildman–Crippen LogP) is 1.86. The first-order valence-corrected chi connectivity index (χ1v) is 8.82. The van der Waals surface area contributed by atoms with Crippen LogP contribution in [0.15, 0.2) is 53.4 Å². The van der Waals surface area contributed by atoms with E-state index in [-0.39, 0.29) is 10.5 Å². The fourth-order valence-electron chi connectivity index (χ4n) is 3.09. The van der Waals surface area contributed by atoms with Gasteiger partial charge in [0.05, 0.1) is 4.90 Å². The number of aryl methyl sites for hydroxylation is 1. The monoisotopic (exact) mass is 349 g/mol. The molecule has 3 N–H and O–H groups in total. The van der Waals surface area contributed by atoms with Gasteiger partial charge in [-0.25, -0.2) is 12.8 Å². The van der Waals surface area contributed by atoms with Gasteiger partial charge < -0.3 is 10.8 Å². The molecule has 0 spiro atoms. The lowest BCUT2D eigenvalue weighted by molar-refractivity contribution is -0.139. The number of carboxylic acids is 1. The summed E-state index contributed by atoms with van der Waals surface area (Å²) in [6.45, 7) is 1.81. The van der Waals surface area contributed by atoms with Crippen LogP contribution in [-0.4, -0.2) is 30.3 Å². The molecule has 0 unspecified atom stereocenters. The molecule has 0 aliphatic heterocycles. The second kappa shape index (κ2) is 5.39. The van der Waals surface area contributed by atoms with Crippen LogP contribution in [0.1, 0.15) is 17.0 Å². The molecule has 5 nitrogen and oxygen atoms in total. The molecule has 7 heteroatoms. The molecule has 0 heterocycles. The standard InChI is InChI=1S/C17H16FNO4S/c1-10-5-7-13(8-6-10)24(22,23)15-14(17(15,19)16(20)21)11-3-2-4-12(18)9-11/h2-9,14-15H,19H2,1H3,(H,20,21)/t14-,15+,17+/m1/s1. The highest BCUT2D eigenvalue weighted by Gasteiger charge is 2.74. The summed E-state index contributed by atoms with van der Waals surface area (Å²) in [7, 11) is -3.97. The third-order valence-electron chi connectivity index (χ3n) is 4.44. The van der Waals surface area contributed by atoms with Gasteiger partial charge >= 0.3 is 5.97 Å². The highest BCUT2D eigenvalue weighted by Crippen LogP contribution is 2.55. The highest BCUT2D eigenvalue weighted by atomic mass is 32.2. The minimum absolute atomic E-state index is 0.00748. The molecule has 1 aliphatic rings. The first-order chi connectivity index (χ1) is 11.2. The number of benzene rings is 2. The minimum Gasteiger partial charge on any atom is -0.480 e. The van der Waals surface area contributed by atoms with Crippen LogP contribution in [0.5, 0.6) is 0 Å². The zero-order chi connectivity index (χ0) is 17.7. The number of nitrogens with two attached hydrogens (primary N) is 1. The summed E-state index contributed by atoms with van der Waals surface area (Å²) in [6.07, 6.45) is 0. The van der Waals surface area contributed by atoms with E-state index in [4.69, 9.17) is 5.73 Å². The molecular weight excluding hydrogens is 333 g/mol. The van der Waals surface area contributed by atoms with E-state index in [9.17, 15) is 22.7 Å². The third-order valence-corrected chi connectivity index (χ3v) is 6.70. The maximum Gasteiger partial charge on any atom is 0.325 e. The number of hydrogen-bond donors (Lipinski definition) is 2. The summed E-state index contributed by atoms with van der Waals surface area (Å²) in [4.78, 5) is 11.6. The van der Waals surface area contributed by atoms with Gasteiger partial charge in [0.25, 0.3) is 0 Å². The second-order valence-electron chi connectivity index (χ2n) is 6.05. The quantitative estimate of drug-likeness (QED) is 0.878. The normalized spacial score (nSPS) is 26.1. The Morgan fingerprint density at radius 2 is 1.83 bits per heavy atom. The number of aliphatic carboxylic acids is 1. The number of sulfone groups is 1. The molecule has 2 aromatic carbocycles. The van der Waals surface area contributed by atoms with Crippen molar-refractivity contribution in [3.8, 4) is 0 Å². The summed E-state index contributed by atoms with van der Waals surface area (Å²) in [6, 6.07) is 11.3. The van der Waals surface area contributed by atoms with Gasteiger partial charge in [-0.05, 0) is 36.8 Å². The van der Waals surface area contributed by atoms with Crippen LogP contribution >= 0.6 is 0 Å². The number of halogens is 1. The van der Waals surface area contributed by atoms with Gasteiger partial charge in [-0.15, -0.1) is 0 Å². The number of carboxylic acid groups (broad SMARTS) is 1. The summed E-state index contributed by atoms with van der Waals surface area (Å²) in [5, 5.41) is 8.11. The molecule has 24 heavy (non-hydrogen) atoms. The molecule has 0 bridgehead atoms. The van der Waals surface area contributed by atoms with Crippen molar-refractivity contribution in [2.75, 3.05) is 0 Å². The molecule has 1 saturated carbocycles. The Kier molecular flexibility index (Phi) is 3.73. The van der Waals surface area contributed by atoms with E-state index in [1.54, 1.807) is 12.1 Å². The second-order valence-corrected chi connectivity index (χ2v) is 8.12. The maximum absolute atomic E-state index is 13.5. The Labute approximate surface area is 138 Å². The lowest BCUT2D eigenvalue weighted by Gasteiger charge is -2.07. The Hall–Kier alpha value is -2.25. The Bertz CT molecular complexity index is 910. The van der Waals surface area contributed by atoms with Gasteiger partial charge in [0, 0.05) is 5.92 Å². The molecule has 3 rings (SSSR count). The van der Waals surface area contributed by atoms with Crippen LogP contribution in [-0.2, 0) is 14.6 Å². The van der Waals surface area contributed by atoms with Gasteiger partial charge in [-0.2, -0.15) is 0 Å². The van der Waals surface area contributed by atoms with E-state index < -0.39 is 38.3 Å². The van der Waals surface area contributed by atoms with Gasteiger partial charge in [-0.3, -0.25) is 4.79 Å². The molecule has 1 fully saturated rings. The minimum atomic E-state index is -3.97. The molecule has 126 valence electrons. The molecule has 0 saturated heterocycles. The van der Waals surface area contributed by atoms with Crippen molar-refractivity contribution in [2.45, 2.75) is 28.5 Å². The summed E-state index contributed by atoms with van der Waals surface area (Å²) in [5.74, 6) is -2.99. The fourth-order valence-corrected chi connectivity index (χ4v) is 5.32. The van der Waals surface area contributed by atoms with E-state index in [0.29, 0.717) is 0 Å². The van der Waals surface area contributed by atoms with E-state index >= 15 is 0 Å². The van der Waals surface area contributed by atoms with Crippen molar-refractivity contribution in [3.63, 3.8) is 0 Å². The van der Waals surface area contributed by atoms with Crippen LogP contribution < -0.4 is 5.73 Å². The largest absolute Gasteiger partial charge is 0.480 e. The van der Waals surface area contributed by atoms with Crippen molar-refractivity contribution >= 4 is 15.8 Å². The lowest BCUT2D eigenvalue weighted by atomic mass is 10.1. The first-order valence-electron chi connectivity index (χ1n) is 7.27. The summed E-state index contributed by atoms with van der Waals surface area (Å²) >= 11 is 0. The van der Waals surface area contributed by atoms with E-state index in [1.165, 1.54) is 30.3 Å². The first kappa shape index (κ1) is 16.6. The van der Waals surface area contributed by atoms with Crippen LogP contribution in [0.4, 0.5) is 4.39 Å². The van der Waals surface area contributed by atoms with Crippen molar-refractivity contribution in [2.24, 2.45) is 5.73 Å². The number of rotatable bonds is 4. The highest BCUT2D eigenvalue weighted by molar-refractivity contribution is 7.92. The van der Waals surface area contributed by atoms with Crippen molar-refractivity contribution in [1.82, 2.24) is 0 Å².